The SMILES string of the molecule is N=C(CC1CCOCC1)OC(=N)C1=CCC2(C=CC=CC2)c2c(C3CCCCC3)c3ccc(C(=O)O)cc3n2C1. The third-order valence-electron chi connectivity index (χ3n) is 9.35. The number of carboxylic acids is 1. The van der Waals surface area contributed by atoms with E-state index in [9.17, 15) is 9.90 Å². The molecule has 0 radical (unpaired) electrons. The van der Waals surface area contributed by atoms with Gasteiger partial charge >= 0.3 is 5.97 Å². The number of ether oxygens (including phenoxy) is 2. The fraction of sp³-hybridized carbons (Fsp3) is 0.485. The zero-order valence-corrected chi connectivity index (χ0v) is 23.1. The number of allylic oxidation sites excluding steroid dienone is 5. The molecular weight excluding hydrogens is 502 g/mol. The number of nitrogens with one attached hydrogen (secondary N) is 2. The second-order valence-corrected chi connectivity index (χ2v) is 11.9. The number of benzene rings is 1. The molecule has 1 aromatic carbocycles. The Labute approximate surface area is 235 Å². The molecule has 0 bridgehead atoms. The molecule has 2 aliphatic heterocycles. The molecule has 7 nitrogen and oxygen atoms in total. The predicted octanol–water partition coefficient (Wildman–Crippen LogP) is 7.26. The molecule has 7 heteroatoms. The van der Waals surface area contributed by atoms with E-state index in [1.54, 1.807) is 6.07 Å². The molecule has 40 heavy (non-hydrogen) atoms. The van der Waals surface area contributed by atoms with Crippen LogP contribution in [0.25, 0.3) is 10.9 Å². The quantitative estimate of drug-likeness (QED) is 0.273. The van der Waals surface area contributed by atoms with Gasteiger partial charge in [-0.05, 0) is 68.1 Å². The van der Waals surface area contributed by atoms with Gasteiger partial charge in [-0.15, -0.1) is 0 Å². The zero-order chi connectivity index (χ0) is 27.7. The number of hydrogen-bond donors (Lipinski definition) is 3. The first-order chi connectivity index (χ1) is 19.4. The third kappa shape index (κ3) is 5.07. The van der Waals surface area contributed by atoms with Crippen molar-refractivity contribution in [1.82, 2.24) is 4.57 Å². The lowest BCUT2D eigenvalue weighted by atomic mass is 9.71. The number of carboxylic acid groups (broad SMARTS) is 1. The van der Waals surface area contributed by atoms with Crippen LogP contribution in [0.3, 0.4) is 0 Å². The van der Waals surface area contributed by atoms with Crippen LogP contribution in [0, 0.1) is 16.7 Å². The lowest BCUT2D eigenvalue weighted by Crippen LogP contribution is -2.28. The van der Waals surface area contributed by atoms with Gasteiger partial charge in [0.2, 0.25) is 5.90 Å². The van der Waals surface area contributed by atoms with Crippen molar-refractivity contribution < 1.29 is 19.4 Å². The fourth-order valence-electron chi connectivity index (χ4n) is 7.25. The highest BCUT2D eigenvalue weighted by atomic mass is 16.5. The number of aromatic carboxylic acids is 1. The van der Waals surface area contributed by atoms with Crippen LogP contribution < -0.4 is 0 Å². The summed E-state index contributed by atoms with van der Waals surface area (Å²) in [5.74, 6) is 0.00184. The maximum atomic E-state index is 12.0. The Hall–Kier alpha value is -3.45. The summed E-state index contributed by atoms with van der Waals surface area (Å²) in [4.78, 5) is 12.0. The Morgan fingerprint density at radius 2 is 1.88 bits per heavy atom. The van der Waals surface area contributed by atoms with Gasteiger partial charge in [-0.1, -0.05) is 55.7 Å². The number of carbonyl (C=O) groups is 1. The van der Waals surface area contributed by atoms with Crippen LogP contribution in [0.1, 0.15) is 91.7 Å². The molecule has 1 spiro atoms. The van der Waals surface area contributed by atoms with Crippen LogP contribution in [-0.4, -0.2) is 40.7 Å². The van der Waals surface area contributed by atoms with E-state index in [2.05, 4.69) is 34.9 Å². The molecule has 210 valence electrons. The Kier molecular flexibility index (Phi) is 7.49. The van der Waals surface area contributed by atoms with Gasteiger partial charge in [-0.3, -0.25) is 10.8 Å². The topological polar surface area (TPSA) is 108 Å². The highest BCUT2D eigenvalue weighted by Crippen LogP contribution is 2.49. The van der Waals surface area contributed by atoms with E-state index in [1.165, 1.54) is 30.5 Å². The predicted molar refractivity (Wildman–Crippen MR) is 157 cm³/mol. The van der Waals surface area contributed by atoms with Crippen LogP contribution in [0.15, 0.2) is 54.2 Å². The first kappa shape index (κ1) is 26.8. The van der Waals surface area contributed by atoms with Crippen molar-refractivity contribution in [2.45, 2.75) is 82.1 Å². The van der Waals surface area contributed by atoms with Crippen molar-refractivity contribution in [3.8, 4) is 0 Å². The molecule has 3 heterocycles. The standard InChI is InChI=1S/C33H39N3O4/c34-28(19-22-12-17-39-18-13-22)40-31(35)25-11-16-33(14-5-2-6-15-33)30-29(23-7-3-1-4-8-23)26-10-9-24(32(37)38)20-27(26)36(30)21-25/h2,5-6,9-11,14,20,22-23,34-35H,1,3-4,7-8,12-13,15-19,21H2,(H,37,38). The minimum atomic E-state index is -0.936. The second-order valence-electron chi connectivity index (χ2n) is 11.9. The van der Waals surface area contributed by atoms with E-state index in [4.69, 9.17) is 20.3 Å². The molecular formula is C33H39N3O4. The largest absolute Gasteiger partial charge is 0.478 e. The lowest BCUT2D eigenvalue weighted by molar-refractivity contribution is 0.0674. The molecule has 2 fully saturated rings. The van der Waals surface area contributed by atoms with Gasteiger partial charge in [0.25, 0.3) is 0 Å². The van der Waals surface area contributed by atoms with Crippen LogP contribution in [0.4, 0.5) is 0 Å². The minimum Gasteiger partial charge on any atom is -0.478 e. The Balaban J connectivity index is 1.42. The molecule has 4 aliphatic rings. The van der Waals surface area contributed by atoms with Gasteiger partial charge < -0.3 is 19.1 Å². The van der Waals surface area contributed by atoms with Gasteiger partial charge in [0.05, 0.1) is 12.1 Å². The second kappa shape index (κ2) is 11.2. The van der Waals surface area contributed by atoms with Gasteiger partial charge in [0, 0.05) is 47.2 Å². The Morgan fingerprint density at radius 1 is 1.07 bits per heavy atom. The van der Waals surface area contributed by atoms with Crippen molar-refractivity contribution in [2.75, 3.05) is 13.2 Å². The summed E-state index contributed by atoms with van der Waals surface area (Å²) in [5, 5.41) is 28.4. The number of nitrogens with zero attached hydrogens (tertiary/aromatic N) is 1. The first-order valence-corrected chi connectivity index (χ1v) is 14.8. The van der Waals surface area contributed by atoms with Crippen LogP contribution in [-0.2, 0) is 21.4 Å². The highest BCUT2D eigenvalue weighted by molar-refractivity contribution is 6.00. The molecule has 1 saturated carbocycles. The van der Waals surface area contributed by atoms with Crippen LogP contribution in [0.2, 0.25) is 0 Å². The van der Waals surface area contributed by atoms with E-state index in [-0.39, 0.29) is 22.8 Å². The third-order valence-corrected chi connectivity index (χ3v) is 9.35. The fourth-order valence-corrected chi connectivity index (χ4v) is 7.25. The van der Waals surface area contributed by atoms with Crippen LogP contribution in [0.5, 0.6) is 0 Å². The molecule has 2 aromatic rings. The van der Waals surface area contributed by atoms with Crippen molar-refractivity contribution in [2.24, 2.45) is 5.92 Å². The number of fused-ring (bicyclic) bond motifs is 4. The van der Waals surface area contributed by atoms with E-state index in [0.717, 1.165) is 68.2 Å². The number of aromatic nitrogens is 1. The monoisotopic (exact) mass is 541 g/mol. The Morgan fingerprint density at radius 3 is 2.60 bits per heavy atom. The summed E-state index contributed by atoms with van der Waals surface area (Å²) in [7, 11) is 0. The van der Waals surface area contributed by atoms with Crippen LogP contribution >= 0.6 is 0 Å². The average Bonchev–Trinajstić information content (AvgIpc) is 3.21. The zero-order valence-electron chi connectivity index (χ0n) is 23.1. The molecule has 2 aliphatic carbocycles. The molecule has 1 unspecified atom stereocenters. The van der Waals surface area contributed by atoms with Gasteiger partial charge in [-0.2, -0.15) is 0 Å². The number of rotatable bonds is 5. The summed E-state index contributed by atoms with van der Waals surface area (Å²) in [6, 6.07) is 5.55. The highest BCUT2D eigenvalue weighted by Gasteiger charge is 2.40. The molecule has 1 aromatic heterocycles. The lowest BCUT2D eigenvalue weighted by Gasteiger charge is -2.34. The molecule has 6 rings (SSSR count). The van der Waals surface area contributed by atoms with Crippen molar-refractivity contribution in [3.63, 3.8) is 0 Å². The summed E-state index contributed by atoms with van der Waals surface area (Å²) in [6.07, 6.45) is 20.8. The normalized spacial score (nSPS) is 23.6. The van der Waals surface area contributed by atoms with Crippen molar-refractivity contribution in [1.29, 1.82) is 10.8 Å². The van der Waals surface area contributed by atoms with E-state index in [0.29, 0.717) is 24.8 Å². The summed E-state index contributed by atoms with van der Waals surface area (Å²) < 4.78 is 13.6. The van der Waals surface area contributed by atoms with E-state index in [1.807, 2.05) is 12.1 Å². The molecule has 0 amide bonds. The smallest absolute Gasteiger partial charge is 0.335 e. The summed E-state index contributed by atoms with van der Waals surface area (Å²) >= 11 is 0. The molecule has 3 N–H and O–H groups in total. The van der Waals surface area contributed by atoms with Gasteiger partial charge in [0.1, 0.15) is 0 Å². The molecule has 1 atom stereocenters. The molecule has 1 saturated heterocycles. The van der Waals surface area contributed by atoms with Crippen molar-refractivity contribution in [3.05, 3.63) is 71.0 Å². The van der Waals surface area contributed by atoms with E-state index < -0.39 is 5.97 Å². The number of hydrogen-bond acceptors (Lipinski definition) is 5. The maximum absolute atomic E-state index is 12.0. The van der Waals surface area contributed by atoms with E-state index >= 15 is 0 Å². The Bertz CT molecular complexity index is 1420. The minimum absolute atomic E-state index is 0.0193. The van der Waals surface area contributed by atoms with Crippen molar-refractivity contribution >= 4 is 28.7 Å². The van der Waals surface area contributed by atoms with Gasteiger partial charge in [0.15, 0.2) is 5.90 Å². The summed E-state index contributed by atoms with van der Waals surface area (Å²) in [5.41, 5.74) is 4.27. The van der Waals surface area contributed by atoms with Gasteiger partial charge in [-0.25, -0.2) is 4.79 Å². The maximum Gasteiger partial charge on any atom is 0.335 e. The summed E-state index contributed by atoms with van der Waals surface area (Å²) in [6.45, 7) is 1.86. The average molecular weight is 542 g/mol. The first-order valence-electron chi connectivity index (χ1n) is 14.8.